The number of nitrogens with one attached hydrogen (secondary N) is 1. The summed E-state index contributed by atoms with van der Waals surface area (Å²) < 4.78 is 40.9. The van der Waals surface area contributed by atoms with Crippen molar-refractivity contribution in [3.63, 3.8) is 0 Å². The number of hydrogen-bond acceptors (Lipinski definition) is 3. The molecule has 24 heavy (non-hydrogen) atoms. The highest BCUT2D eigenvalue weighted by Gasteiger charge is 2.66. The predicted molar refractivity (Wildman–Crippen MR) is 82.5 cm³/mol. The topological polar surface area (TPSA) is 61.8 Å². The van der Waals surface area contributed by atoms with Crippen molar-refractivity contribution < 1.29 is 22.8 Å². The number of amidine groups is 1. The van der Waals surface area contributed by atoms with Gasteiger partial charge in [0.25, 0.3) is 11.8 Å². The lowest BCUT2D eigenvalue weighted by Crippen LogP contribution is -2.63. The van der Waals surface area contributed by atoms with Gasteiger partial charge in [0.05, 0.1) is 0 Å². The van der Waals surface area contributed by atoms with Crippen LogP contribution in [0.2, 0.25) is 0 Å². The van der Waals surface area contributed by atoms with Crippen molar-refractivity contribution in [2.75, 3.05) is 6.54 Å². The fraction of sp³-hybridized carbons (Fsp3) is 0.438. The minimum absolute atomic E-state index is 0.0267. The van der Waals surface area contributed by atoms with Crippen molar-refractivity contribution in [3.8, 4) is 0 Å². The number of aryl methyl sites for hydroxylation is 1. The molecule has 2 amide bonds. The summed E-state index contributed by atoms with van der Waals surface area (Å²) in [5.41, 5.74) is -2.38. The summed E-state index contributed by atoms with van der Waals surface area (Å²) in [5.74, 6) is -2.35. The molecule has 8 heteroatoms. The van der Waals surface area contributed by atoms with E-state index >= 15 is 0 Å². The minimum Gasteiger partial charge on any atom is -0.312 e. The standard InChI is InChI=1S/C16H18F3N3O2/c1-4-9-22-11(3)20-15(14(22)24,16(17,18)19)21-13(23)12-7-5-10(2)6-8-12/h5-8H,4,9H2,1-3H3,(H,21,23). The van der Waals surface area contributed by atoms with E-state index in [1.54, 1.807) is 31.3 Å². The molecular formula is C16H18F3N3O2. The molecular weight excluding hydrogens is 323 g/mol. The number of aliphatic imine (C=N–C) groups is 1. The van der Waals surface area contributed by atoms with Gasteiger partial charge in [-0.3, -0.25) is 14.5 Å². The first-order valence-corrected chi connectivity index (χ1v) is 7.46. The van der Waals surface area contributed by atoms with Crippen LogP contribution in [0.1, 0.15) is 36.2 Å². The van der Waals surface area contributed by atoms with E-state index in [4.69, 9.17) is 0 Å². The fourth-order valence-electron chi connectivity index (χ4n) is 2.46. The van der Waals surface area contributed by atoms with E-state index in [9.17, 15) is 22.8 Å². The van der Waals surface area contributed by atoms with E-state index < -0.39 is 23.7 Å². The Balaban J connectivity index is 2.39. The molecule has 1 aromatic carbocycles. The monoisotopic (exact) mass is 341 g/mol. The van der Waals surface area contributed by atoms with Crippen LogP contribution in [0, 0.1) is 6.92 Å². The van der Waals surface area contributed by atoms with Crippen LogP contribution >= 0.6 is 0 Å². The molecule has 1 aromatic rings. The molecule has 0 fully saturated rings. The number of rotatable bonds is 4. The van der Waals surface area contributed by atoms with Gasteiger partial charge in [0.1, 0.15) is 5.84 Å². The van der Waals surface area contributed by atoms with E-state index in [0.717, 1.165) is 10.5 Å². The van der Waals surface area contributed by atoms with Crippen molar-refractivity contribution in [3.05, 3.63) is 35.4 Å². The molecule has 0 saturated heterocycles. The second-order valence-corrected chi connectivity index (χ2v) is 5.64. The van der Waals surface area contributed by atoms with Gasteiger partial charge < -0.3 is 5.32 Å². The molecule has 0 spiro atoms. The molecule has 1 aliphatic rings. The number of carbonyl (C=O) groups is 2. The quantitative estimate of drug-likeness (QED) is 0.915. The first-order valence-electron chi connectivity index (χ1n) is 7.46. The Bertz CT molecular complexity index is 683. The second kappa shape index (κ2) is 6.26. The molecule has 0 radical (unpaired) electrons. The number of amides is 2. The summed E-state index contributed by atoms with van der Waals surface area (Å²) in [6.45, 7) is 4.94. The van der Waals surface area contributed by atoms with Gasteiger partial charge in [-0.1, -0.05) is 24.6 Å². The van der Waals surface area contributed by atoms with Crippen molar-refractivity contribution in [1.29, 1.82) is 0 Å². The summed E-state index contributed by atoms with van der Waals surface area (Å²) in [6.07, 6.45) is -4.58. The third-order valence-electron chi connectivity index (χ3n) is 3.74. The normalized spacial score (nSPS) is 21.0. The summed E-state index contributed by atoms with van der Waals surface area (Å²) in [6, 6.07) is 6.00. The highest BCUT2D eigenvalue weighted by molar-refractivity contribution is 6.10. The SMILES string of the molecule is CCCN1C(=O)C(NC(=O)c2ccc(C)cc2)(C(F)(F)F)N=C1C. The van der Waals surface area contributed by atoms with E-state index in [-0.39, 0.29) is 17.9 Å². The van der Waals surface area contributed by atoms with E-state index in [1.807, 2.05) is 0 Å². The maximum Gasteiger partial charge on any atom is 0.442 e. The fourth-order valence-corrected chi connectivity index (χ4v) is 2.46. The molecule has 0 bridgehead atoms. The first-order chi connectivity index (χ1) is 11.1. The Morgan fingerprint density at radius 1 is 1.25 bits per heavy atom. The lowest BCUT2D eigenvalue weighted by atomic mass is 10.1. The van der Waals surface area contributed by atoms with Crippen LogP contribution in [0.3, 0.4) is 0 Å². The number of alkyl halides is 3. The number of nitrogens with zero attached hydrogens (tertiary/aromatic N) is 2. The Morgan fingerprint density at radius 3 is 2.33 bits per heavy atom. The lowest BCUT2D eigenvalue weighted by molar-refractivity contribution is -0.196. The summed E-state index contributed by atoms with van der Waals surface area (Å²) >= 11 is 0. The molecule has 0 saturated carbocycles. The largest absolute Gasteiger partial charge is 0.442 e. The average Bonchev–Trinajstić information content (AvgIpc) is 2.73. The first kappa shape index (κ1) is 18.0. The number of carbonyl (C=O) groups excluding carboxylic acids is 2. The molecule has 5 nitrogen and oxygen atoms in total. The lowest BCUT2D eigenvalue weighted by Gasteiger charge is -2.29. The average molecular weight is 341 g/mol. The van der Waals surface area contributed by atoms with Crippen molar-refractivity contribution in [2.24, 2.45) is 4.99 Å². The molecule has 0 aromatic heterocycles. The summed E-state index contributed by atoms with van der Waals surface area (Å²) in [5, 5.41) is 1.79. The molecule has 1 N–H and O–H groups in total. The van der Waals surface area contributed by atoms with Gasteiger partial charge in [0.2, 0.25) is 0 Å². The highest BCUT2D eigenvalue weighted by Crippen LogP contribution is 2.37. The van der Waals surface area contributed by atoms with Crippen LogP contribution in [0.4, 0.5) is 13.2 Å². The second-order valence-electron chi connectivity index (χ2n) is 5.64. The Kier molecular flexibility index (Phi) is 4.68. The highest BCUT2D eigenvalue weighted by atomic mass is 19.4. The van der Waals surface area contributed by atoms with Crippen molar-refractivity contribution in [1.82, 2.24) is 10.2 Å². The number of hydrogen-bond donors (Lipinski definition) is 1. The molecule has 1 heterocycles. The van der Waals surface area contributed by atoms with E-state index in [2.05, 4.69) is 4.99 Å². The van der Waals surface area contributed by atoms with Gasteiger partial charge in [-0.15, -0.1) is 0 Å². The van der Waals surface area contributed by atoms with Gasteiger partial charge in [-0.25, -0.2) is 4.99 Å². The number of benzene rings is 1. The smallest absolute Gasteiger partial charge is 0.312 e. The zero-order chi connectivity index (χ0) is 18.1. The van der Waals surface area contributed by atoms with Gasteiger partial charge >= 0.3 is 11.8 Å². The van der Waals surface area contributed by atoms with Crippen LogP contribution in [0.5, 0.6) is 0 Å². The van der Waals surface area contributed by atoms with Gasteiger partial charge in [0.15, 0.2) is 0 Å². The Labute approximate surface area is 137 Å². The Hall–Kier alpha value is -2.38. The van der Waals surface area contributed by atoms with Crippen LogP contribution < -0.4 is 5.32 Å². The third-order valence-corrected chi connectivity index (χ3v) is 3.74. The van der Waals surface area contributed by atoms with E-state index in [1.165, 1.54) is 19.1 Å². The van der Waals surface area contributed by atoms with Crippen LogP contribution in [0.25, 0.3) is 0 Å². The molecule has 130 valence electrons. The maximum atomic E-state index is 13.6. The zero-order valence-corrected chi connectivity index (χ0v) is 13.6. The van der Waals surface area contributed by atoms with Crippen LogP contribution in [-0.4, -0.2) is 40.9 Å². The summed E-state index contributed by atoms with van der Waals surface area (Å²) in [7, 11) is 0. The number of halogens is 3. The molecule has 2 rings (SSSR count). The minimum atomic E-state index is -5.05. The Morgan fingerprint density at radius 2 is 1.83 bits per heavy atom. The van der Waals surface area contributed by atoms with Crippen molar-refractivity contribution >= 4 is 17.6 Å². The summed E-state index contributed by atoms with van der Waals surface area (Å²) in [4.78, 5) is 29.0. The van der Waals surface area contributed by atoms with Gasteiger partial charge in [-0.2, -0.15) is 13.2 Å². The molecule has 0 aliphatic carbocycles. The zero-order valence-electron chi connectivity index (χ0n) is 13.6. The van der Waals surface area contributed by atoms with Crippen LogP contribution in [0.15, 0.2) is 29.3 Å². The van der Waals surface area contributed by atoms with Gasteiger partial charge in [-0.05, 0) is 32.4 Å². The van der Waals surface area contributed by atoms with Crippen molar-refractivity contribution in [2.45, 2.75) is 39.0 Å². The predicted octanol–water partition coefficient (Wildman–Crippen LogP) is 2.65. The van der Waals surface area contributed by atoms with Crippen LogP contribution in [-0.2, 0) is 4.79 Å². The third kappa shape index (κ3) is 3.00. The maximum absolute atomic E-state index is 13.6. The molecule has 1 atom stereocenters. The van der Waals surface area contributed by atoms with Gasteiger partial charge in [0, 0.05) is 12.1 Å². The molecule has 1 aliphatic heterocycles. The van der Waals surface area contributed by atoms with E-state index in [0.29, 0.717) is 6.42 Å². The molecule has 1 unspecified atom stereocenters.